The number of hydrogen-bond acceptors (Lipinski definition) is 2. The highest BCUT2D eigenvalue weighted by Gasteiger charge is 2.22. The van der Waals surface area contributed by atoms with E-state index in [2.05, 4.69) is 58.8 Å². The van der Waals surface area contributed by atoms with Gasteiger partial charge < -0.3 is 14.4 Å². The maximum Gasteiger partial charge on any atom is 0.184 e. The van der Waals surface area contributed by atoms with Gasteiger partial charge in [-0.25, -0.2) is 4.98 Å². The Morgan fingerprint density at radius 1 is 1.08 bits per heavy atom. The van der Waals surface area contributed by atoms with E-state index in [0.29, 0.717) is 5.92 Å². The smallest absolute Gasteiger partial charge is 0.184 e. The van der Waals surface area contributed by atoms with Gasteiger partial charge in [-0.2, -0.15) is 0 Å². The van der Waals surface area contributed by atoms with Crippen LogP contribution >= 0.6 is 12.2 Å². The highest BCUT2D eigenvalue weighted by atomic mass is 32.1. The first-order chi connectivity index (χ1) is 12.0. The van der Waals surface area contributed by atoms with Gasteiger partial charge >= 0.3 is 0 Å². The number of aromatic amines is 1. The van der Waals surface area contributed by atoms with E-state index < -0.39 is 0 Å². The van der Waals surface area contributed by atoms with Gasteiger partial charge in [0.05, 0.1) is 26.2 Å². The molecule has 136 valence electrons. The van der Waals surface area contributed by atoms with Crippen LogP contribution in [-0.2, 0) is 13.2 Å². The Hall–Kier alpha value is -1.66. The number of H-pyrrole nitrogens is 1. The number of piperazine rings is 1. The summed E-state index contributed by atoms with van der Waals surface area (Å²) in [6, 6.07) is 4.31. The molecule has 1 saturated heterocycles. The summed E-state index contributed by atoms with van der Waals surface area (Å²) < 4.78 is 5.64. The number of pyridine rings is 1. The van der Waals surface area contributed by atoms with E-state index in [0.717, 1.165) is 44.2 Å². The van der Waals surface area contributed by atoms with Crippen LogP contribution in [-0.4, -0.2) is 35.3 Å². The predicted octanol–water partition coefficient (Wildman–Crippen LogP) is 1.47. The van der Waals surface area contributed by atoms with Crippen LogP contribution in [0.4, 0.5) is 5.69 Å². The second-order valence-corrected chi connectivity index (χ2v) is 7.90. The maximum atomic E-state index is 5.79. The van der Waals surface area contributed by atoms with Crippen molar-refractivity contribution in [3.05, 3.63) is 40.7 Å². The van der Waals surface area contributed by atoms with Crippen LogP contribution in [0.15, 0.2) is 24.5 Å². The lowest BCUT2D eigenvalue weighted by atomic mass is 10.2. The first-order valence-corrected chi connectivity index (χ1v) is 9.69. The fraction of sp³-hybridized carbons (Fsp3) is 0.579. The Morgan fingerprint density at radius 3 is 2.28 bits per heavy atom. The third-order valence-corrected chi connectivity index (χ3v) is 5.70. The standard InChI is InChI=1S/C19H29N5S/c1-15(2)13-23-16(3)17(4)24(19(23)25)14-21-9-11-22(12-10-21)18-5-7-20-8-6-18/h5-8,15H,9-14H2,1-4H3/p+2. The molecule has 1 aliphatic rings. The average molecular weight is 362 g/mol. The average Bonchev–Trinajstić information content (AvgIpc) is 2.81. The van der Waals surface area contributed by atoms with Crippen LogP contribution in [0.1, 0.15) is 25.2 Å². The summed E-state index contributed by atoms with van der Waals surface area (Å²) in [5.74, 6) is 0.611. The van der Waals surface area contributed by atoms with Crippen molar-refractivity contribution in [3.63, 3.8) is 0 Å². The van der Waals surface area contributed by atoms with Crippen molar-refractivity contribution in [1.82, 2.24) is 9.13 Å². The van der Waals surface area contributed by atoms with Crippen molar-refractivity contribution in [2.24, 2.45) is 5.92 Å². The van der Waals surface area contributed by atoms with E-state index in [4.69, 9.17) is 12.2 Å². The van der Waals surface area contributed by atoms with Gasteiger partial charge in [0, 0.05) is 35.8 Å². The molecule has 0 bridgehead atoms. The van der Waals surface area contributed by atoms with Crippen molar-refractivity contribution < 1.29 is 9.88 Å². The Bertz CT molecular complexity index is 754. The van der Waals surface area contributed by atoms with Gasteiger partial charge in [-0.3, -0.25) is 4.57 Å². The van der Waals surface area contributed by atoms with Crippen molar-refractivity contribution in [2.75, 3.05) is 31.1 Å². The predicted molar refractivity (Wildman–Crippen MR) is 103 cm³/mol. The van der Waals surface area contributed by atoms with E-state index in [-0.39, 0.29) is 0 Å². The molecule has 5 nitrogen and oxygen atoms in total. The molecular formula is C19H31N5S+2. The second-order valence-electron chi connectivity index (χ2n) is 7.54. The molecule has 1 fully saturated rings. The van der Waals surface area contributed by atoms with Gasteiger partial charge in [-0.05, 0) is 32.0 Å². The zero-order valence-corrected chi connectivity index (χ0v) is 16.7. The molecule has 2 aromatic heterocycles. The molecule has 25 heavy (non-hydrogen) atoms. The first-order valence-electron chi connectivity index (χ1n) is 9.28. The summed E-state index contributed by atoms with van der Waals surface area (Å²) >= 11 is 5.79. The number of imidazole rings is 1. The highest BCUT2D eigenvalue weighted by molar-refractivity contribution is 7.71. The Morgan fingerprint density at radius 2 is 1.68 bits per heavy atom. The molecule has 0 radical (unpaired) electrons. The largest absolute Gasteiger partial charge is 0.360 e. The summed E-state index contributed by atoms with van der Waals surface area (Å²) in [5.41, 5.74) is 3.95. The van der Waals surface area contributed by atoms with Crippen molar-refractivity contribution in [3.8, 4) is 0 Å². The molecule has 2 N–H and O–H groups in total. The molecule has 0 aliphatic carbocycles. The number of aromatic nitrogens is 3. The van der Waals surface area contributed by atoms with Gasteiger partial charge in [0.15, 0.2) is 23.8 Å². The number of quaternary nitrogens is 1. The quantitative estimate of drug-likeness (QED) is 0.818. The SMILES string of the molecule is Cc1c(C)n(C[NH+]2CCN(c3cc[nH+]cc3)CC2)c(=S)n1CC(C)C. The molecule has 0 spiro atoms. The third kappa shape index (κ3) is 3.96. The lowest BCUT2D eigenvalue weighted by Gasteiger charge is -2.33. The minimum absolute atomic E-state index is 0.611. The number of nitrogens with zero attached hydrogens (tertiary/aromatic N) is 3. The molecule has 2 aromatic rings. The van der Waals surface area contributed by atoms with E-state index in [1.54, 1.807) is 4.90 Å². The van der Waals surface area contributed by atoms with E-state index in [1.165, 1.54) is 17.1 Å². The summed E-state index contributed by atoms with van der Waals surface area (Å²) in [5, 5.41) is 0. The minimum atomic E-state index is 0.611. The molecule has 0 unspecified atom stereocenters. The monoisotopic (exact) mass is 361 g/mol. The van der Waals surface area contributed by atoms with Crippen LogP contribution in [0.25, 0.3) is 0 Å². The lowest BCUT2D eigenvalue weighted by molar-refractivity contribution is -0.923. The molecular weight excluding hydrogens is 330 g/mol. The number of nitrogens with one attached hydrogen (secondary N) is 2. The minimum Gasteiger partial charge on any atom is -0.360 e. The van der Waals surface area contributed by atoms with Crippen molar-refractivity contribution >= 4 is 17.9 Å². The molecule has 6 heteroatoms. The third-order valence-electron chi connectivity index (χ3n) is 5.26. The van der Waals surface area contributed by atoms with Crippen LogP contribution in [0.3, 0.4) is 0 Å². The summed E-state index contributed by atoms with van der Waals surface area (Å²) in [6.07, 6.45) is 3.99. The fourth-order valence-electron chi connectivity index (χ4n) is 3.64. The Labute approximate surface area is 155 Å². The zero-order chi connectivity index (χ0) is 18.0. The normalized spacial score (nSPS) is 16.0. The molecule has 0 aromatic carbocycles. The lowest BCUT2D eigenvalue weighted by Crippen LogP contribution is -3.14. The maximum absolute atomic E-state index is 5.79. The first kappa shape index (κ1) is 18.1. The van der Waals surface area contributed by atoms with Crippen LogP contribution in [0.2, 0.25) is 0 Å². The van der Waals surface area contributed by atoms with Crippen molar-refractivity contribution in [2.45, 2.75) is 40.9 Å². The van der Waals surface area contributed by atoms with E-state index in [1.807, 2.05) is 12.4 Å². The van der Waals surface area contributed by atoms with Gasteiger partial charge in [0.25, 0.3) is 0 Å². The zero-order valence-electron chi connectivity index (χ0n) is 15.9. The van der Waals surface area contributed by atoms with Gasteiger partial charge in [-0.1, -0.05) is 13.8 Å². The molecule has 3 rings (SSSR count). The van der Waals surface area contributed by atoms with Crippen LogP contribution < -0.4 is 14.8 Å². The van der Waals surface area contributed by atoms with Gasteiger partial charge in [0.1, 0.15) is 0 Å². The van der Waals surface area contributed by atoms with E-state index in [9.17, 15) is 0 Å². The van der Waals surface area contributed by atoms with Gasteiger partial charge in [0.2, 0.25) is 0 Å². The topological polar surface area (TPSA) is 31.7 Å². The Balaban J connectivity index is 1.67. The number of rotatable bonds is 5. The molecule has 0 atom stereocenters. The van der Waals surface area contributed by atoms with Crippen molar-refractivity contribution in [1.29, 1.82) is 0 Å². The van der Waals surface area contributed by atoms with Crippen LogP contribution in [0.5, 0.6) is 0 Å². The Kier molecular flexibility index (Phi) is 5.59. The summed E-state index contributed by atoms with van der Waals surface area (Å²) in [4.78, 5) is 7.18. The molecule has 0 amide bonds. The summed E-state index contributed by atoms with van der Waals surface area (Å²) in [7, 11) is 0. The molecule has 1 aliphatic heterocycles. The number of hydrogen-bond donors (Lipinski definition) is 1. The van der Waals surface area contributed by atoms with Gasteiger partial charge in [-0.15, -0.1) is 0 Å². The fourth-order valence-corrected chi connectivity index (χ4v) is 4.05. The van der Waals surface area contributed by atoms with Crippen LogP contribution in [0, 0.1) is 24.5 Å². The highest BCUT2D eigenvalue weighted by Crippen LogP contribution is 2.14. The molecule has 3 heterocycles. The van der Waals surface area contributed by atoms with E-state index >= 15 is 0 Å². The molecule has 0 saturated carbocycles. The summed E-state index contributed by atoms with van der Waals surface area (Å²) in [6.45, 7) is 15.4. The number of anilines is 1. The second kappa shape index (κ2) is 7.70.